The zero-order valence-electron chi connectivity index (χ0n) is 8.81. The third-order valence-electron chi connectivity index (χ3n) is 0. The van der Waals surface area contributed by atoms with Crippen molar-refractivity contribution in [3.63, 3.8) is 0 Å². The van der Waals surface area contributed by atoms with Crippen molar-refractivity contribution in [1.29, 1.82) is 0 Å². The summed E-state index contributed by atoms with van der Waals surface area (Å²) >= 11 is -19.7. The molecule has 0 heterocycles. The van der Waals surface area contributed by atoms with Gasteiger partial charge >= 0.3 is 152 Å². The SMILES string of the molecule is [O]=[V](=[O])[O-].[O]=[V](=[O])[O-].[O]=[V](=[O])[O-].[O]=[V](=[O])[O-].[O]=[V](=[O])[O-].[V+5]. The van der Waals surface area contributed by atoms with Crippen molar-refractivity contribution in [3.05, 3.63) is 0 Å². The fourth-order valence-electron chi connectivity index (χ4n) is 0. The molecule has 0 aromatic rings. The average Bonchev–Trinajstić information content (AvgIpc) is 1.94. The van der Waals surface area contributed by atoms with Crippen LogP contribution >= 0.6 is 0 Å². The van der Waals surface area contributed by atoms with Gasteiger partial charge in [0.25, 0.3) is 0 Å². The molecule has 21 heavy (non-hydrogen) atoms. The van der Waals surface area contributed by atoms with Gasteiger partial charge in [-0.15, -0.1) is 0 Å². The van der Waals surface area contributed by atoms with Crippen molar-refractivity contribution in [2.45, 2.75) is 0 Å². The van der Waals surface area contributed by atoms with E-state index in [-0.39, 0.29) is 18.6 Å². The van der Waals surface area contributed by atoms with Gasteiger partial charge in [-0.05, 0) is 0 Å². The second kappa shape index (κ2) is 33.0. The van der Waals surface area contributed by atoms with Crippen molar-refractivity contribution in [1.82, 2.24) is 0 Å². The Labute approximate surface area is 151 Å². The minimum absolute atomic E-state index is 0. The normalized spacial score (nSPS) is 5.95. The Morgan fingerprint density at radius 2 is 0.333 bits per heavy atom. The van der Waals surface area contributed by atoms with E-state index in [9.17, 15) is 0 Å². The summed E-state index contributed by atoms with van der Waals surface area (Å²) in [5.41, 5.74) is 0. The minimum Gasteiger partial charge on any atom is 5.00 e. The van der Waals surface area contributed by atoms with E-state index in [1.54, 1.807) is 0 Å². The van der Waals surface area contributed by atoms with Crippen LogP contribution in [0.3, 0.4) is 0 Å². The molecule has 0 aliphatic rings. The predicted molar refractivity (Wildman–Crippen MR) is 6.86 cm³/mol. The van der Waals surface area contributed by atoms with E-state index in [0.29, 0.717) is 0 Å². The Hall–Kier alpha value is 1.31. The summed E-state index contributed by atoms with van der Waals surface area (Å²) in [6.45, 7) is 0. The van der Waals surface area contributed by atoms with Crippen LogP contribution in [0.2, 0.25) is 0 Å². The molecule has 0 spiro atoms. The largest absolute Gasteiger partial charge is 5.00 e. The molecular weight excluding hydrogens is 546 g/mol. The maximum Gasteiger partial charge on any atom is 5.00 e. The summed E-state index contributed by atoms with van der Waals surface area (Å²) in [7, 11) is 0. The molecule has 15 nitrogen and oxygen atoms in total. The molecule has 0 N–H and O–H groups in total. The molecule has 0 aromatic carbocycles. The monoisotopic (exact) mass is 546 g/mol. The maximum absolute atomic E-state index is 8.56. The van der Waals surface area contributed by atoms with E-state index in [2.05, 4.69) is 0 Å². The third kappa shape index (κ3) is 4650. The summed E-state index contributed by atoms with van der Waals surface area (Å²) in [4.78, 5) is 0. The molecule has 0 unspecified atom stereocenters. The summed E-state index contributed by atoms with van der Waals surface area (Å²) in [6, 6.07) is 0. The fourth-order valence-corrected chi connectivity index (χ4v) is 0. The first-order valence-corrected chi connectivity index (χ1v) is 11.3. The van der Waals surface area contributed by atoms with Crippen LogP contribution in [0.15, 0.2) is 0 Å². The van der Waals surface area contributed by atoms with Crippen molar-refractivity contribution in [2.24, 2.45) is 0 Å². The first-order valence-electron chi connectivity index (χ1n) is 2.74. The van der Waals surface area contributed by atoms with Gasteiger partial charge in [0.1, 0.15) is 0 Å². The van der Waals surface area contributed by atoms with Crippen molar-refractivity contribution in [3.8, 4) is 0 Å². The summed E-state index contributed by atoms with van der Waals surface area (Å²) in [5, 5.41) is 0. The molecular formula is O15V6. The van der Waals surface area contributed by atoms with E-state index >= 15 is 0 Å². The maximum atomic E-state index is 8.56. The number of hydrogen-bond acceptors (Lipinski definition) is 15. The van der Waals surface area contributed by atoms with Crippen LogP contribution in [-0.4, -0.2) is 0 Å². The molecule has 0 radical (unpaired) electrons. The van der Waals surface area contributed by atoms with Crippen LogP contribution in [0.5, 0.6) is 0 Å². The van der Waals surface area contributed by atoms with Crippen molar-refractivity contribution < 1.29 is 152 Å². The molecule has 120 valence electrons. The van der Waals surface area contributed by atoms with E-state index in [1.807, 2.05) is 0 Å². The topological polar surface area (TPSA) is 286 Å². The molecule has 0 aliphatic heterocycles. The van der Waals surface area contributed by atoms with Crippen LogP contribution in [0.25, 0.3) is 0 Å². The van der Waals surface area contributed by atoms with Gasteiger partial charge in [0, 0.05) is 0 Å². The summed E-state index contributed by atoms with van der Waals surface area (Å²) in [5.74, 6) is 0. The minimum atomic E-state index is -3.94. The number of hydrogen-bond donors (Lipinski definition) is 0. The first kappa shape index (κ1) is 38.1. The van der Waals surface area contributed by atoms with Crippen molar-refractivity contribution >= 4 is 0 Å². The quantitative estimate of drug-likeness (QED) is 0.273. The smallest absolute Gasteiger partial charge is 5.00 e. The van der Waals surface area contributed by atoms with Gasteiger partial charge in [-0.2, -0.15) is 0 Å². The Morgan fingerprint density at radius 3 is 0.333 bits per heavy atom. The van der Waals surface area contributed by atoms with E-state index in [4.69, 9.17) is 56.9 Å². The molecule has 21 heteroatoms. The summed E-state index contributed by atoms with van der Waals surface area (Å²) < 4.78 is 128. The fraction of sp³-hybridized carbons (Fsp3) is 0. The van der Waals surface area contributed by atoms with Gasteiger partial charge in [-0.1, -0.05) is 0 Å². The Balaban J connectivity index is -0.0000000331. The van der Waals surface area contributed by atoms with Crippen LogP contribution in [0.4, 0.5) is 0 Å². The van der Waals surface area contributed by atoms with Gasteiger partial charge in [0.05, 0.1) is 0 Å². The van der Waals surface area contributed by atoms with Crippen LogP contribution < -0.4 is 20.2 Å². The van der Waals surface area contributed by atoms with E-state index in [0.717, 1.165) is 0 Å². The summed E-state index contributed by atoms with van der Waals surface area (Å²) in [6.07, 6.45) is 0. The Kier molecular flexibility index (Phi) is 59.9. The molecule has 0 aliphatic carbocycles. The van der Waals surface area contributed by atoms with Crippen LogP contribution in [-0.2, 0) is 132 Å². The molecule has 0 saturated heterocycles. The second-order valence-corrected chi connectivity index (χ2v) is 4.61. The molecule has 0 atom stereocenters. The van der Waals surface area contributed by atoms with E-state index in [1.165, 1.54) is 0 Å². The third-order valence-corrected chi connectivity index (χ3v) is 0. The van der Waals surface area contributed by atoms with Gasteiger partial charge in [0.15, 0.2) is 0 Å². The average molecular weight is 546 g/mol. The predicted octanol–water partition coefficient (Wildman–Crippen LogP) is -7.15. The Morgan fingerprint density at radius 1 is 0.333 bits per heavy atom. The van der Waals surface area contributed by atoms with Crippen LogP contribution in [0, 0.1) is 0 Å². The first-order chi connectivity index (χ1) is 8.66. The molecule has 0 bridgehead atoms. The standard InChI is InChI=1S/15O.6V/q;;;;;;;;;;5*-1;;;;;;+5. The molecule has 0 saturated carbocycles. The second-order valence-electron chi connectivity index (χ2n) is 1.12. The molecule has 0 fully saturated rings. The molecule has 0 aromatic heterocycles. The van der Waals surface area contributed by atoms with Gasteiger partial charge in [-0.25, -0.2) is 0 Å². The van der Waals surface area contributed by atoms with E-state index < -0.39 is 77.0 Å². The Bertz CT molecular complexity index is 376. The zero-order chi connectivity index (χ0) is 17.9. The molecule has 0 amide bonds. The van der Waals surface area contributed by atoms with Crippen LogP contribution in [0.1, 0.15) is 0 Å². The van der Waals surface area contributed by atoms with Gasteiger partial charge in [0.2, 0.25) is 0 Å². The van der Waals surface area contributed by atoms with Gasteiger partial charge < -0.3 is 0 Å². The number of rotatable bonds is 0. The molecule has 0 rings (SSSR count). The zero-order valence-corrected chi connectivity index (χ0v) is 17.2. The van der Waals surface area contributed by atoms with Gasteiger partial charge in [-0.3, -0.25) is 0 Å². The van der Waals surface area contributed by atoms with Crippen molar-refractivity contribution in [2.75, 3.05) is 0 Å².